The third-order valence-electron chi connectivity index (χ3n) is 7.13. The SMILES string of the molecule is CC(C)n1c(=O)c(-c2nccn2C2CC2)cc2cnc(Nc3ccc(C4CCCC4)cc3)nc21. The molecule has 7 heteroatoms. The minimum Gasteiger partial charge on any atom is -0.328 e. The predicted molar refractivity (Wildman–Crippen MR) is 135 cm³/mol. The Morgan fingerprint density at radius 1 is 1.03 bits per heavy atom. The average molecular weight is 455 g/mol. The van der Waals surface area contributed by atoms with Crippen LogP contribution in [0.15, 0.2) is 53.7 Å². The predicted octanol–water partition coefficient (Wildman–Crippen LogP) is 5.97. The van der Waals surface area contributed by atoms with Gasteiger partial charge in [0.15, 0.2) is 0 Å². The highest BCUT2D eigenvalue weighted by molar-refractivity contribution is 5.80. The Hall–Kier alpha value is -3.48. The first-order valence-corrected chi connectivity index (χ1v) is 12.4. The number of nitrogens with zero attached hydrogens (tertiary/aromatic N) is 5. The van der Waals surface area contributed by atoms with Crippen LogP contribution in [-0.2, 0) is 0 Å². The van der Waals surface area contributed by atoms with Crippen LogP contribution in [0.4, 0.5) is 11.6 Å². The molecule has 7 nitrogen and oxygen atoms in total. The summed E-state index contributed by atoms with van der Waals surface area (Å²) in [4.78, 5) is 27.4. The molecule has 2 aliphatic carbocycles. The lowest BCUT2D eigenvalue weighted by atomic mass is 9.98. The van der Waals surface area contributed by atoms with E-state index in [0.29, 0.717) is 29.1 Å². The second-order valence-corrected chi connectivity index (χ2v) is 9.92. The van der Waals surface area contributed by atoms with E-state index in [9.17, 15) is 4.79 Å². The van der Waals surface area contributed by atoms with Gasteiger partial charge in [-0.2, -0.15) is 4.98 Å². The zero-order chi connectivity index (χ0) is 23.2. The van der Waals surface area contributed by atoms with E-state index < -0.39 is 0 Å². The van der Waals surface area contributed by atoms with E-state index in [1.54, 1.807) is 17.0 Å². The first-order chi connectivity index (χ1) is 16.6. The maximum atomic E-state index is 13.6. The van der Waals surface area contributed by atoms with Gasteiger partial charge in [-0.1, -0.05) is 25.0 Å². The Kier molecular flexibility index (Phi) is 5.20. The van der Waals surface area contributed by atoms with Crippen molar-refractivity contribution in [2.45, 2.75) is 70.4 Å². The van der Waals surface area contributed by atoms with Crippen molar-refractivity contribution in [1.29, 1.82) is 0 Å². The molecular weight excluding hydrogens is 424 g/mol. The highest BCUT2D eigenvalue weighted by atomic mass is 16.1. The minimum atomic E-state index is -0.0684. The summed E-state index contributed by atoms with van der Waals surface area (Å²) >= 11 is 0. The van der Waals surface area contributed by atoms with Crippen LogP contribution in [0.2, 0.25) is 0 Å². The molecule has 0 spiro atoms. The summed E-state index contributed by atoms with van der Waals surface area (Å²) in [5.41, 5.74) is 3.52. The summed E-state index contributed by atoms with van der Waals surface area (Å²) < 4.78 is 3.88. The molecule has 1 N–H and O–H groups in total. The second kappa shape index (κ2) is 8.38. The molecule has 2 fully saturated rings. The van der Waals surface area contributed by atoms with Crippen molar-refractivity contribution in [1.82, 2.24) is 24.1 Å². The molecule has 0 bridgehead atoms. The lowest BCUT2D eigenvalue weighted by Crippen LogP contribution is -2.25. The third kappa shape index (κ3) is 3.79. The molecule has 1 aromatic carbocycles. The second-order valence-electron chi connectivity index (χ2n) is 9.92. The summed E-state index contributed by atoms with van der Waals surface area (Å²) in [5, 5.41) is 4.15. The fourth-order valence-corrected chi connectivity index (χ4v) is 5.22. The van der Waals surface area contributed by atoms with E-state index in [1.807, 2.05) is 26.1 Å². The van der Waals surface area contributed by atoms with Crippen LogP contribution < -0.4 is 10.9 Å². The third-order valence-corrected chi connectivity index (χ3v) is 7.13. The van der Waals surface area contributed by atoms with Gasteiger partial charge in [0.25, 0.3) is 5.56 Å². The fraction of sp³-hybridized carbons (Fsp3) is 0.407. The number of hydrogen-bond donors (Lipinski definition) is 1. The van der Waals surface area contributed by atoms with Crippen LogP contribution in [0.25, 0.3) is 22.4 Å². The lowest BCUT2D eigenvalue weighted by Gasteiger charge is -2.16. The largest absolute Gasteiger partial charge is 0.328 e. The summed E-state index contributed by atoms with van der Waals surface area (Å²) in [6.07, 6.45) is 13.0. The maximum Gasteiger partial charge on any atom is 0.263 e. The molecule has 2 aliphatic rings. The number of nitrogens with one attached hydrogen (secondary N) is 1. The molecule has 34 heavy (non-hydrogen) atoms. The highest BCUT2D eigenvalue weighted by Crippen LogP contribution is 2.38. The molecule has 0 aliphatic heterocycles. The van der Waals surface area contributed by atoms with Gasteiger partial charge in [0.05, 0.1) is 5.56 Å². The monoisotopic (exact) mass is 454 g/mol. The Morgan fingerprint density at radius 2 is 1.79 bits per heavy atom. The van der Waals surface area contributed by atoms with Crippen LogP contribution in [0, 0.1) is 0 Å². The quantitative estimate of drug-likeness (QED) is 0.388. The summed E-state index contributed by atoms with van der Waals surface area (Å²) in [6.45, 7) is 4.02. The topological polar surface area (TPSA) is 77.6 Å². The van der Waals surface area contributed by atoms with Crippen molar-refractivity contribution < 1.29 is 0 Å². The Morgan fingerprint density at radius 3 is 2.50 bits per heavy atom. The summed E-state index contributed by atoms with van der Waals surface area (Å²) in [7, 11) is 0. The molecule has 174 valence electrons. The molecule has 6 rings (SSSR count). The van der Waals surface area contributed by atoms with E-state index in [1.165, 1.54) is 31.2 Å². The molecule has 0 radical (unpaired) electrons. The lowest BCUT2D eigenvalue weighted by molar-refractivity contribution is 0.595. The summed E-state index contributed by atoms with van der Waals surface area (Å²) in [5.74, 6) is 1.91. The van der Waals surface area contributed by atoms with Gasteiger partial charge in [-0.3, -0.25) is 9.36 Å². The van der Waals surface area contributed by atoms with Gasteiger partial charge in [0, 0.05) is 41.7 Å². The Labute approximate surface area is 198 Å². The zero-order valence-corrected chi connectivity index (χ0v) is 19.7. The van der Waals surface area contributed by atoms with Gasteiger partial charge >= 0.3 is 0 Å². The van der Waals surface area contributed by atoms with Gasteiger partial charge in [-0.15, -0.1) is 0 Å². The van der Waals surface area contributed by atoms with E-state index in [4.69, 9.17) is 4.98 Å². The van der Waals surface area contributed by atoms with Gasteiger partial charge < -0.3 is 9.88 Å². The van der Waals surface area contributed by atoms with Crippen LogP contribution in [0.1, 0.15) is 75.9 Å². The van der Waals surface area contributed by atoms with Gasteiger partial charge in [0.1, 0.15) is 11.5 Å². The molecule has 2 saturated carbocycles. The minimum absolute atomic E-state index is 0.0484. The van der Waals surface area contributed by atoms with Crippen molar-refractivity contribution in [3.63, 3.8) is 0 Å². The van der Waals surface area contributed by atoms with Gasteiger partial charge in [-0.25, -0.2) is 9.97 Å². The van der Waals surface area contributed by atoms with Crippen molar-refractivity contribution in [3.05, 3.63) is 64.8 Å². The van der Waals surface area contributed by atoms with E-state index in [-0.39, 0.29) is 11.6 Å². The molecule has 3 heterocycles. The van der Waals surface area contributed by atoms with E-state index in [2.05, 4.69) is 44.1 Å². The first kappa shape index (κ1) is 21.1. The molecular formula is C27H30N6O. The number of aromatic nitrogens is 5. The molecule has 3 aromatic heterocycles. The number of hydrogen-bond acceptors (Lipinski definition) is 5. The molecule has 0 atom stereocenters. The molecule has 4 aromatic rings. The number of imidazole rings is 1. The van der Waals surface area contributed by atoms with E-state index >= 15 is 0 Å². The van der Waals surface area contributed by atoms with Crippen LogP contribution in [-0.4, -0.2) is 24.1 Å². The van der Waals surface area contributed by atoms with Crippen molar-refractivity contribution in [2.24, 2.45) is 0 Å². The zero-order valence-electron chi connectivity index (χ0n) is 19.7. The molecule has 0 unspecified atom stereocenters. The number of anilines is 2. The van der Waals surface area contributed by atoms with Crippen molar-refractivity contribution in [3.8, 4) is 11.4 Å². The van der Waals surface area contributed by atoms with Gasteiger partial charge in [-0.05, 0) is 69.2 Å². The average Bonchev–Trinajstić information content (AvgIpc) is 3.31. The standard InChI is InChI=1S/C27H30N6O/c1-17(2)33-24-20(15-23(26(33)34)25-28-13-14-32(25)22-11-12-22)16-29-27(31-24)30-21-9-7-19(8-10-21)18-5-3-4-6-18/h7-10,13-18,22H,3-6,11-12H2,1-2H3,(H,29,30,31). The van der Waals surface area contributed by atoms with Gasteiger partial charge in [0.2, 0.25) is 5.95 Å². The highest BCUT2D eigenvalue weighted by Gasteiger charge is 2.27. The first-order valence-electron chi connectivity index (χ1n) is 12.4. The van der Waals surface area contributed by atoms with Crippen LogP contribution in [0.3, 0.4) is 0 Å². The van der Waals surface area contributed by atoms with Crippen molar-refractivity contribution in [2.75, 3.05) is 5.32 Å². The number of benzene rings is 1. The Bertz CT molecular complexity index is 1390. The van der Waals surface area contributed by atoms with Crippen molar-refractivity contribution >= 4 is 22.7 Å². The Balaban J connectivity index is 1.36. The van der Waals surface area contributed by atoms with Crippen LogP contribution in [0.5, 0.6) is 0 Å². The molecule has 0 amide bonds. The number of pyridine rings is 1. The fourth-order valence-electron chi connectivity index (χ4n) is 5.22. The smallest absolute Gasteiger partial charge is 0.263 e. The normalized spacial score (nSPS) is 16.6. The maximum absolute atomic E-state index is 13.6. The number of rotatable bonds is 6. The summed E-state index contributed by atoms with van der Waals surface area (Å²) in [6, 6.07) is 10.9. The molecule has 0 saturated heterocycles. The van der Waals surface area contributed by atoms with E-state index in [0.717, 1.165) is 29.7 Å². The van der Waals surface area contributed by atoms with Crippen LogP contribution >= 0.6 is 0 Å². The number of fused-ring (bicyclic) bond motifs is 1.